The van der Waals surface area contributed by atoms with Crippen LogP contribution in [0.1, 0.15) is 66.9 Å². The largest absolute Gasteiger partial charge is 0.400 e. The van der Waals surface area contributed by atoms with Crippen molar-refractivity contribution in [3.63, 3.8) is 0 Å². The van der Waals surface area contributed by atoms with Gasteiger partial charge in [0.05, 0.1) is 0 Å². The third-order valence-corrected chi connectivity index (χ3v) is 7.86. The van der Waals surface area contributed by atoms with E-state index in [1.165, 1.54) is 0 Å². The van der Waals surface area contributed by atoms with E-state index in [1.807, 2.05) is 18.2 Å². The Hall–Kier alpha value is -0.313. The van der Waals surface area contributed by atoms with E-state index in [-0.39, 0.29) is 15.7 Å². The number of benzene rings is 1. The maximum atomic E-state index is 6.82. The molecule has 0 fully saturated rings. The zero-order chi connectivity index (χ0) is 18.4. The quantitative estimate of drug-likeness (QED) is 0.210. The maximum absolute atomic E-state index is 6.82. The molecule has 0 aromatic heterocycles. The van der Waals surface area contributed by atoms with Gasteiger partial charge in [0.15, 0.2) is 0 Å². The molecule has 133 valence electrons. The third-order valence-electron chi connectivity index (χ3n) is 3.72. The van der Waals surface area contributed by atoms with E-state index in [9.17, 15) is 0 Å². The van der Waals surface area contributed by atoms with Crippen LogP contribution in [-0.4, -0.2) is 19.1 Å². The molecule has 24 heavy (non-hydrogen) atoms. The number of rotatable bonds is 5. The molecule has 1 nitrogen and oxygen atoms in total. The molecule has 0 aliphatic heterocycles. The topological polar surface area (TPSA) is 9.23 Å². The zero-order valence-electron chi connectivity index (χ0n) is 16.3. The van der Waals surface area contributed by atoms with Crippen LogP contribution in [0.5, 0.6) is 0 Å². The molecule has 1 unspecified atom stereocenters. The van der Waals surface area contributed by atoms with Crippen molar-refractivity contribution in [2.45, 2.75) is 77.0 Å². The highest BCUT2D eigenvalue weighted by Crippen LogP contribution is 2.44. The third kappa shape index (κ3) is 7.29. The highest BCUT2D eigenvalue weighted by molar-refractivity contribution is 14.1. The van der Waals surface area contributed by atoms with Crippen molar-refractivity contribution in [3.05, 3.63) is 35.9 Å². The summed E-state index contributed by atoms with van der Waals surface area (Å²) in [6.07, 6.45) is 2.11. The van der Waals surface area contributed by atoms with Crippen LogP contribution in [0.25, 0.3) is 0 Å². The molecule has 0 saturated heterocycles. The van der Waals surface area contributed by atoms with Crippen molar-refractivity contribution in [1.29, 1.82) is 0 Å². The second-order valence-electron chi connectivity index (χ2n) is 8.57. The van der Waals surface area contributed by atoms with E-state index in [4.69, 9.17) is 4.43 Å². The summed E-state index contributed by atoms with van der Waals surface area (Å²) in [5.41, 5.74) is 0.678. The fourth-order valence-electron chi connectivity index (χ4n) is 2.93. The first-order valence-corrected chi connectivity index (χ1v) is 11.6. The lowest BCUT2D eigenvalue weighted by atomic mass is 10.0. The second kappa shape index (κ2) is 8.87. The number of hydrogen-bond acceptors (Lipinski definition) is 1. The summed E-state index contributed by atoms with van der Waals surface area (Å²) < 4.78 is 7.95. The number of alkyl halides is 1. The van der Waals surface area contributed by atoms with E-state index >= 15 is 0 Å². The summed E-state index contributed by atoms with van der Waals surface area (Å²) in [7, 11) is -1.07. The Kier molecular flexibility index (Phi) is 8.03. The molecular weight excluding hydrogens is 423 g/mol. The Balaban J connectivity index is 3.13. The summed E-state index contributed by atoms with van der Waals surface area (Å²) in [6, 6.07) is 10.2. The SMILES string of the molecule is CC(C#Cc1ccccc1)(CCCI)O[Si](C(C)(C)C)C(C)(C)C. The van der Waals surface area contributed by atoms with E-state index in [2.05, 4.69) is 95.0 Å². The van der Waals surface area contributed by atoms with E-state index < -0.39 is 9.04 Å². The van der Waals surface area contributed by atoms with Crippen molar-refractivity contribution in [3.8, 4) is 11.8 Å². The van der Waals surface area contributed by atoms with Gasteiger partial charge in [0.2, 0.25) is 9.04 Å². The van der Waals surface area contributed by atoms with Crippen molar-refractivity contribution < 1.29 is 4.43 Å². The standard InChI is InChI=1S/C21H32IOSi/c1-19(2,3)24(20(4,5)6)23-21(7,15-11-17-22)16-14-18-12-9-8-10-13-18/h8-10,12-13H,11,15,17H2,1-7H3. The lowest BCUT2D eigenvalue weighted by Crippen LogP contribution is -2.45. The minimum absolute atomic E-state index is 0.170. The van der Waals surface area contributed by atoms with E-state index in [1.54, 1.807) is 0 Å². The number of hydrogen-bond donors (Lipinski definition) is 0. The van der Waals surface area contributed by atoms with Crippen LogP contribution < -0.4 is 0 Å². The van der Waals surface area contributed by atoms with Crippen molar-refractivity contribution in [2.75, 3.05) is 4.43 Å². The fraction of sp³-hybridized carbons (Fsp3) is 0.619. The van der Waals surface area contributed by atoms with Gasteiger partial charge >= 0.3 is 0 Å². The van der Waals surface area contributed by atoms with E-state index in [0.29, 0.717) is 0 Å². The van der Waals surface area contributed by atoms with Gasteiger partial charge in [-0.3, -0.25) is 0 Å². The molecule has 0 spiro atoms. The molecule has 1 rings (SSSR count). The highest BCUT2D eigenvalue weighted by Gasteiger charge is 2.43. The lowest BCUT2D eigenvalue weighted by molar-refractivity contribution is 0.122. The molecule has 0 aliphatic carbocycles. The van der Waals surface area contributed by atoms with Crippen LogP contribution in [0.15, 0.2) is 30.3 Å². The number of halogens is 1. The van der Waals surface area contributed by atoms with Crippen molar-refractivity contribution in [1.82, 2.24) is 0 Å². The monoisotopic (exact) mass is 455 g/mol. The average molecular weight is 455 g/mol. The van der Waals surface area contributed by atoms with Crippen LogP contribution in [-0.2, 0) is 4.43 Å². The Labute approximate surface area is 164 Å². The molecule has 1 aromatic carbocycles. The van der Waals surface area contributed by atoms with Gasteiger partial charge in [0.1, 0.15) is 5.60 Å². The molecule has 1 atom stereocenters. The first-order chi connectivity index (χ1) is 11.0. The first-order valence-electron chi connectivity index (χ1n) is 8.69. The maximum Gasteiger partial charge on any atom is 0.224 e. The molecule has 0 bridgehead atoms. The highest BCUT2D eigenvalue weighted by atomic mass is 127. The van der Waals surface area contributed by atoms with Gasteiger partial charge in [-0.05, 0) is 46.4 Å². The predicted octanol–water partition coefficient (Wildman–Crippen LogP) is 6.62. The smallest absolute Gasteiger partial charge is 0.224 e. The van der Waals surface area contributed by atoms with Crippen molar-refractivity contribution in [2.24, 2.45) is 0 Å². The molecular formula is C21H32IOSi. The van der Waals surface area contributed by atoms with Gasteiger partial charge in [0.25, 0.3) is 0 Å². The Morgan fingerprint density at radius 1 is 0.958 bits per heavy atom. The predicted molar refractivity (Wildman–Crippen MR) is 116 cm³/mol. The second-order valence-corrected chi connectivity index (χ2v) is 13.5. The summed E-state index contributed by atoms with van der Waals surface area (Å²) >= 11 is 2.44. The van der Waals surface area contributed by atoms with E-state index in [0.717, 1.165) is 22.8 Å². The van der Waals surface area contributed by atoms with Gasteiger partial charge in [-0.15, -0.1) is 0 Å². The summed E-state index contributed by atoms with van der Waals surface area (Å²) in [5.74, 6) is 6.81. The summed E-state index contributed by atoms with van der Waals surface area (Å²) in [5, 5.41) is 0.339. The van der Waals surface area contributed by atoms with Crippen LogP contribution in [0, 0.1) is 11.8 Å². The molecule has 0 N–H and O–H groups in total. The Morgan fingerprint density at radius 3 is 1.96 bits per heavy atom. The van der Waals surface area contributed by atoms with Gasteiger partial charge < -0.3 is 4.43 Å². The Morgan fingerprint density at radius 2 is 1.50 bits per heavy atom. The normalized spacial score (nSPS) is 14.9. The average Bonchev–Trinajstić information content (AvgIpc) is 2.48. The Bertz CT molecular complexity index is 545. The fourth-order valence-corrected chi connectivity index (χ4v) is 6.77. The lowest BCUT2D eigenvalue weighted by Gasteiger charge is -2.42. The van der Waals surface area contributed by atoms with Gasteiger partial charge in [-0.25, -0.2) is 0 Å². The molecule has 1 radical (unpaired) electrons. The zero-order valence-corrected chi connectivity index (χ0v) is 19.5. The molecule has 0 amide bonds. The van der Waals surface area contributed by atoms with Crippen LogP contribution >= 0.6 is 22.6 Å². The minimum Gasteiger partial charge on any atom is -0.400 e. The summed E-state index contributed by atoms with van der Waals surface area (Å²) in [4.78, 5) is 0. The molecule has 3 heteroatoms. The van der Waals surface area contributed by atoms with Gasteiger partial charge in [-0.2, -0.15) is 0 Å². The molecule has 0 saturated carbocycles. The first kappa shape index (κ1) is 21.7. The van der Waals surface area contributed by atoms with Gasteiger partial charge in [0, 0.05) is 5.56 Å². The van der Waals surface area contributed by atoms with Crippen LogP contribution in [0.2, 0.25) is 10.1 Å². The molecule has 0 aliphatic rings. The van der Waals surface area contributed by atoms with Crippen LogP contribution in [0.4, 0.5) is 0 Å². The molecule has 1 aromatic rings. The van der Waals surface area contributed by atoms with Crippen LogP contribution in [0.3, 0.4) is 0 Å². The minimum atomic E-state index is -1.07. The van der Waals surface area contributed by atoms with Gasteiger partial charge in [-0.1, -0.05) is 94.2 Å². The van der Waals surface area contributed by atoms with Crippen molar-refractivity contribution >= 4 is 31.6 Å². The molecule has 0 heterocycles. The summed E-state index contributed by atoms with van der Waals surface area (Å²) in [6.45, 7) is 16.0.